The zero-order valence-corrected chi connectivity index (χ0v) is 18.0. The summed E-state index contributed by atoms with van der Waals surface area (Å²) < 4.78 is 0. The van der Waals surface area contributed by atoms with E-state index in [1.165, 1.54) is 6.92 Å². The normalized spacial score (nSPS) is 10.7. The first kappa shape index (κ1) is 20.6. The molecule has 0 amide bonds. The number of aromatic nitrogens is 3. The highest BCUT2D eigenvalue weighted by atomic mass is 35.5. The van der Waals surface area contributed by atoms with Crippen LogP contribution in [0.2, 0.25) is 5.02 Å². The van der Waals surface area contributed by atoms with E-state index in [4.69, 9.17) is 21.5 Å². The number of aryl methyl sites for hydroxylation is 2. The quantitative estimate of drug-likeness (QED) is 0.311. The number of halogens is 1. The molecule has 4 rings (SSSR count). The molecule has 0 unspecified atom stereocenters. The molecule has 0 saturated carbocycles. The highest BCUT2D eigenvalue weighted by Gasteiger charge is 2.18. The third kappa shape index (κ3) is 4.44. The highest BCUT2D eigenvalue weighted by molar-refractivity contribution is 6.30. The van der Waals surface area contributed by atoms with Gasteiger partial charge in [0.1, 0.15) is 5.82 Å². The molecule has 0 saturated heterocycles. The summed E-state index contributed by atoms with van der Waals surface area (Å²) in [5.74, 6) is 0.665. The van der Waals surface area contributed by atoms with Crippen LogP contribution >= 0.6 is 11.6 Å². The Balaban J connectivity index is 1.83. The van der Waals surface area contributed by atoms with Crippen molar-refractivity contribution in [2.75, 3.05) is 0 Å². The Hall–Kier alpha value is -3.64. The van der Waals surface area contributed by atoms with E-state index in [2.05, 4.69) is 14.9 Å². The Morgan fingerprint density at radius 2 is 1.61 bits per heavy atom. The van der Waals surface area contributed by atoms with Gasteiger partial charge in [0.05, 0.1) is 11.4 Å². The number of benzene rings is 2. The zero-order chi connectivity index (χ0) is 22.0. The van der Waals surface area contributed by atoms with Crippen LogP contribution in [0, 0.1) is 13.8 Å². The van der Waals surface area contributed by atoms with Crippen LogP contribution in [0.25, 0.3) is 33.9 Å². The molecule has 6 nitrogen and oxygen atoms in total. The summed E-state index contributed by atoms with van der Waals surface area (Å²) in [6, 6.07) is 15.1. The van der Waals surface area contributed by atoms with Gasteiger partial charge in [-0.05, 0) is 61.4 Å². The standard InChI is InChI=1S/C24H20ClN3O3/c1-14-12-20(31-30-16(3)29)13-15(2)21(14)24-27-22(17-4-6-19(25)7-5-17)23(28-24)18-8-10-26-11-9-18/h4-13H,1-3H3,(H,27,28). The molecule has 2 heterocycles. The number of nitrogens with zero attached hydrogens (tertiary/aromatic N) is 2. The van der Waals surface area contributed by atoms with Crippen molar-refractivity contribution < 1.29 is 14.6 Å². The molecule has 0 radical (unpaired) electrons. The van der Waals surface area contributed by atoms with Gasteiger partial charge in [-0.1, -0.05) is 23.7 Å². The van der Waals surface area contributed by atoms with Gasteiger partial charge in [-0.2, -0.15) is 0 Å². The molecule has 1 N–H and O–H groups in total. The molecule has 0 atom stereocenters. The van der Waals surface area contributed by atoms with Crippen LogP contribution in [0.1, 0.15) is 18.1 Å². The van der Waals surface area contributed by atoms with Crippen LogP contribution in [-0.4, -0.2) is 20.9 Å². The summed E-state index contributed by atoms with van der Waals surface area (Å²) in [6.07, 6.45) is 3.50. The number of hydrogen-bond acceptors (Lipinski definition) is 5. The number of carbonyl (C=O) groups is 1. The van der Waals surface area contributed by atoms with Gasteiger partial charge in [-0.15, -0.1) is 0 Å². The van der Waals surface area contributed by atoms with Gasteiger partial charge in [-0.25, -0.2) is 9.78 Å². The summed E-state index contributed by atoms with van der Waals surface area (Å²) in [5, 5.41) is 0.667. The average Bonchev–Trinajstić information content (AvgIpc) is 3.18. The van der Waals surface area contributed by atoms with Crippen molar-refractivity contribution in [2.24, 2.45) is 0 Å². The van der Waals surface area contributed by atoms with E-state index in [9.17, 15) is 4.79 Å². The second-order valence-corrected chi connectivity index (χ2v) is 7.58. The molecule has 4 aromatic rings. The van der Waals surface area contributed by atoms with Gasteiger partial charge in [0.2, 0.25) is 0 Å². The van der Waals surface area contributed by atoms with Gasteiger partial charge in [0.15, 0.2) is 5.75 Å². The highest BCUT2D eigenvalue weighted by Crippen LogP contribution is 2.36. The Kier molecular flexibility index (Phi) is 5.73. The van der Waals surface area contributed by atoms with Gasteiger partial charge < -0.3 is 4.98 Å². The van der Waals surface area contributed by atoms with Crippen LogP contribution < -0.4 is 4.89 Å². The Morgan fingerprint density at radius 3 is 2.23 bits per heavy atom. The molecule has 0 aliphatic carbocycles. The first-order valence-electron chi connectivity index (χ1n) is 9.65. The summed E-state index contributed by atoms with van der Waals surface area (Å²) in [4.78, 5) is 33.3. The van der Waals surface area contributed by atoms with Crippen molar-refractivity contribution in [1.82, 2.24) is 15.0 Å². The van der Waals surface area contributed by atoms with Gasteiger partial charge >= 0.3 is 5.97 Å². The van der Waals surface area contributed by atoms with Crippen molar-refractivity contribution in [2.45, 2.75) is 20.8 Å². The largest absolute Gasteiger partial charge is 0.352 e. The second-order valence-electron chi connectivity index (χ2n) is 7.14. The van der Waals surface area contributed by atoms with E-state index in [-0.39, 0.29) is 0 Å². The smallest absolute Gasteiger partial charge is 0.337 e. The molecule has 31 heavy (non-hydrogen) atoms. The number of carbonyl (C=O) groups excluding carboxylic acids is 1. The lowest BCUT2D eigenvalue weighted by Crippen LogP contribution is -2.03. The topological polar surface area (TPSA) is 77.1 Å². The van der Waals surface area contributed by atoms with E-state index in [1.807, 2.05) is 62.4 Å². The molecule has 2 aromatic carbocycles. The fourth-order valence-corrected chi connectivity index (χ4v) is 3.61. The van der Waals surface area contributed by atoms with Gasteiger partial charge in [0, 0.05) is 41.0 Å². The number of H-pyrrole nitrogens is 1. The molecule has 0 fully saturated rings. The van der Waals surface area contributed by atoms with E-state index < -0.39 is 5.97 Å². The number of hydrogen-bond donors (Lipinski definition) is 1. The van der Waals surface area contributed by atoms with Crippen molar-refractivity contribution >= 4 is 17.6 Å². The first-order chi connectivity index (χ1) is 14.9. The van der Waals surface area contributed by atoms with Crippen molar-refractivity contribution in [3.8, 4) is 39.7 Å². The fourth-order valence-electron chi connectivity index (χ4n) is 3.49. The van der Waals surface area contributed by atoms with E-state index >= 15 is 0 Å². The Bertz CT molecular complexity index is 1210. The van der Waals surface area contributed by atoms with Crippen LogP contribution in [0.3, 0.4) is 0 Å². The minimum Gasteiger partial charge on any atom is -0.337 e. The Labute approximate surface area is 184 Å². The van der Waals surface area contributed by atoms with E-state index in [0.717, 1.165) is 45.0 Å². The summed E-state index contributed by atoms with van der Waals surface area (Å²) in [6.45, 7) is 5.20. The predicted octanol–water partition coefficient (Wildman–Crippen LogP) is 5.93. The van der Waals surface area contributed by atoms with Crippen LogP contribution in [-0.2, 0) is 9.68 Å². The molecule has 0 bridgehead atoms. The third-order valence-electron chi connectivity index (χ3n) is 4.79. The second kappa shape index (κ2) is 8.62. The predicted molar refractivity (Wildman–Crippen MR) is 120 cm³/mol. The summed E-state index contributed by atoms with van der Waals surface area (Å²) in [7, 11) is 0. The molecule has 0 aliphatic rings. The third-order valence-corrected chi connectivity index (χ3v) is 5.04. The van der Waals surface area contributed by atoms with Gasteiger partial charge in [-0.3, -0.25) is 14.8 Å². The zero-order valence-electron chi connectivity index (χ0n) is 17.3. The van der Waals surface area contributed by atoms with Crippen molar-refractivity contribution in [1.29, 1.82) is 0 Å². The van der Waals surface area contributed by atoms with Crippen LogP contribution in [0.5, 0.6) is 5.75 Å². The maximum atomic E-state index is 11.0. The number of imidazole rings is 1. The molecule has 2 aromatic heterocycles. The lowest BCUT2D eigenvalue weighted by molar-refractivity contribution is -0.210. The maximum Gasteiger partial charge on any atom is 0.352 e. The number of rotatable bonds is 5. The molecular formula is C24H20ClN3O3. The number of aromatic amines is 1. The summed E-state index contributed by atoms with van der Waals surface area (Å²) >= 11 is 6.08. The molecule has 156 valence electrons. The summed E-state index contributed by atoms with van der Waals surface area (Å²) in [5.41, 5.74) is 6.44. The number of pyridine rings is 1. The van der Waals surface area contributed by atoms with Crippen molar-refractivity contribution in [3.63, 3.8) is 0 Å². The Morgan fingerprint density at radius 1 is 0.968 bits per heavy atom. The minimum absolute atomic E-state index is 0.452. The molecule has 0 aliphatic heterocycles. The molecule has 7 heteroatoms. The SMILES string of the molecule is CC(=O)OOc1cc(C)c(-c2nc(-c3ccc(Cl)cc3)c(-c3ccncc3)[nH]2)c(C)c1. The number of nitrogens with one attached hydrogen (secondary N) is 1. The lowest BCUT2D eigenvalue weighted by Gasteiger charge is -2.10. The van der Waals surface area contributed by atoms with Crippen LogP contribution in [0.4, 0.5) is 0 Å². The molecular weight excluding hydrogens is 414 g/mol. The maximum absolute atomic E-state index is 11.0. The fraction of sp³-hybridized carbons (Fsp3) is 0.125. The van der Waals surface area contributed by atoms with Gasteiger partial charge in [0.25, 0.3) is 0 Å². The molecule has 0 spiro atoms. The van der Waals surface area contributed by atoms with E-state index in [0.29, 0.717) is 10.8 Å². The lowest BCUT2D eigenvalue weighted by atomic mass is 10.0. The minimum atomic E-state index is -0.514. The first-order valence-corrected chi connectivity index (χ1v) is 10.0. The average molecular weight is 434 g/mol. The monoisotopic (exact) mass is 433 g/mol. The van der Waals surface area contributed by atoms with Crippen molar-refractivity contribution in [3.05, 3.63) is 77.1 Å². The van der Waals surface area contributed by atoms with E-state index in [1.54, 1.807) is 12.4 Å². The van der Waals surface area contributed by atoms with Crippen LogP contribution in [0.15, 0.2) is 60.9 Å².